The molecule has 1 aliphatic heterocycles. The summed E-state index contributed by atoms with van der Waals surface area (Å²) in [7, 11) is 1.97. The molecule has 1 amide bonds. The highest BCUT2D eigenvalue weighted by Crippen LogP contribution is 2.27. The molecule has 1 heterocycles. The van der Waals surface area contributed by atoms with Crippen LogP contribution < -0.4 is 10.6 Å². The molecule has 140 valence electrons. The first kappa shape index (κ1) is 21.8. The molecule has 25 heavy (non-hydrogen) atoms. The summed E-state index contributed by atoms with van der Waals surface area (Å²) in [5.41, 5.74) is 0.540. The van der Waals surface area contributed by atoms with Crippen molar-refractivity contribution in [1.29, 1.82) is 0 Å². The molecule has 0 atom stereocenters. The van der Waals surface area contributed by atoms with Crippen molar-refractivity contribution in [1.82, 2.24) is 10.2 Å². The van der Waals surface area contributed by atoms with Crippen molar-refractivity contribution in [2.75, 3.05) is 38.5 Å². The number of carbonyl (C=O) groups excluding carboxylic acids is 1. The maximum absolute atomic E-state index is 12.2. The first-order chi connectivity index (χ1) is 11.5. The lowest BCUT2D eigenvalue weighted by Crippen LogP contribution is -2.39. The van der Waals surface area contributed by atoms with Crippen molar-refractivity contribution in [3.8, 4) is 0 Å². The molecule has 0 bridgehead atoms. The van der Waals surface area contributed by atoms with Crippen LogP contribution in [-0.4, -0.2) is 49.0 Å². The number of non-ortho nitro benzene ring substituents is 1. The van der Waals surface area contributed by atoms with Crippen LogP contribution in [0.15, 0.2) is 22.7 Å². The maximum Gasteiger partial charge on any atom is 0.270 e. The van der Waals surface area contributed by atoms with E-state index < -0.39 is 4.92 Å². The lowest BCUT2D eigenvalue weighted by atomic mass is 9.93. The Bertz CT molecular complexity index is 595. The summed E-state index contributed by atoms with van der Waals surface area (Å²) < 4.78 is 0.510. The van der Waals surface area contributed by atoms with Gasteiger partial charge in [-0.1, -0.05) is 0 Å². The number of amides is 1. The Morgan fingerprint density at radius 3 is 2.64 bits per heavy atom. The highest BCUT2D eigenvalue weighted by atomic mass is 79.9. The second kappa shape index (κ2) is 10.7. The number of nitro groups is 1. The number of anilines is 1. The fourth-order valence-corrected chi connectivity index (χ4v) is 3.36. The third-order valence-corrected chi connectivity index (χ3v) is 4.97. The Kier molecular flexibility index (Phi) is 9.34. The van der Waals surface area contributed by atoms with Gasteiger partial charge in [-0.05, 0) is 73.9 Å². The van der Waals surface area contributed by atoms with Gasteiger partial charge in [-0.3, -0.25) is 19.8 Å². The van der Waals surface area contributed by atoms with Gasteiger partial charge in [0.05, 0.1) is 17.2 Å². The van der Waals surface area contributed by atoms with Crippen LogP contribution >= 0.6 is 28.3 Å². The molecule has 0 radical (unpaired) electrons. The van der Waals surface area contributed by atoms with Crippen LogP contribution in [0.5, 0.6) is 0 Å². The summed E-state index contributed by atoms with van der Waals surface area (Å²) in [6.07, 6.45) is 3.43. The molecule has 1 fully saturated rings. The third kappa shape index (κ3) is 6.89. The van der Waals surface area contributed by atoms with Crippen molar-refractivity contribution >= 4 is 45.6 Å². The van der Waals surface area contributed by atoms with E-state index in [1.54, 1.807) is 6.07 Å². The molecule has 1 saturated heterocycles. The summed E-state index contributed by atoms with van der Waals surface area (Å²) in [4.78, 5) is 24.6. The monoisotopic (exact) mass is 434 g/mol. The van der Waals surface area contributed by atoms with Gasteiger partial charge in [0.1, 0.15) is 0 Å². The van der Waals surface area contributed by atoms with E-state index in [4.69, 9.17) is 0 Å². The number of hydrogen-bond acceptors (Lipinski definition) is 5. The number of likely N-dealkylation sites (tertiary alicyclic amines) is 1. The highest BCUT2D eigenvalue weighted by molar-refractivity contribution is 9.10. The molecule has 1 aromatic carbocycles. The van der Waals surface area contributed by atoms with Gasteiger partial charge in [-0.25, -0.2) is 0 Å². The minimum absolute atomic E-state index is 0. The minimum Gasteiger partial charge on any atom is -0.324 e. The largest absolute Gasteiger partial charge is 0.324 e. The van der Waals surface area contributed by atoms with E-state index in [1.165, 1.54) is 18.6 Å². The van der Waals surface area contributed by atoms with Crippen LogP contribution in [0.2, 0.25) is 0 Å². The molecule has 1 aliphatic rings. The van der Waals surface area contributed by atoms with E-state index in [-0.39, 0.29) is 24.0 Å². The van der Waals surface area contributed by atoms with E-state index in [9.17, 15) is 14.9 Å². The van der Waals surface area contributed by atoms with E-state index in [2.05, 4.69) is 31.5 Å². The Morgan fingerprint density at radius 1 is 1.40 bits per heavy atom. The van der Waals surface area contributed by atoms with E-state index >= 15 is 0 Å². The number of piperidine rings is 1. The van der Waals surface area contributed by atoms with Gasteiger partial charge in [-0.15, -0.1) is 12.4 Å². The fraction of sp³-hybridized carbons (Fsp3) is 0.562. The Balaban J connectivity index is 0.00000312. The van der Waals surface area contributed by atoms with Gasteiger partial charge in [0.25, 0.3) is 5.69 Å². The van der Waals surface area contributed by atoms with Crippen LogP contribution in [0, 0.1) is 16.0 Å². The number of hydrogen-bond donors (Lipinski definition) is 2. The maximum atomic E-state index is 12.2. The van der Waals surface area contributed by atoms with Gasteiger partial charge in [0.15, 0.2) is 0 Å². The average Bonchev–Trinajstić information content (AvgIpc) is 2.56. The first-order valence-electron chi connectivity index (χ1n) is 8.10. The predicted molar refractivity (Wildman–Crippen MR) is 104 cm³/mol. The SMILES string of the molecule is CNCCC1CCN(CC(=O)Nc2ccc([N+](=O)[O-])cc2Br)CC1.Cl. The van der Waals surface area contributed by atoms with E-state index in [1.807, 2.05) is 7.05 Å². The number of carbonyl (C=O) groups is 1. The molecule has 7 nitrogen and oxygen atoms in total. The van der Waals surface area contributed by atoms with Gasteiger partial charge >= 0.3 is 0 Å². The molecule has 0 aromatic heterocycles. The molecule has 2 rings (SSSR count). The molecule has 9 heteroatoms. The van der Waals surface area contributed by atoms with Crippen molar-refractivity contribution < 1.29 is 9.72 Å². The first-order valence-corrected chi connectivity index (χ1v) is 8.89. The van der Waals surface area contributed by atoms with Crippen LogP contribution in [0.25, 0.3) is 0 Å². The molecule has 0 aliphatic carbocycles. The van der Waals surface area contributed by atoms with Crippen molar-refractivity contribution in [2.24, 2.45) is 5.92 Å². The van der Waals surface area contributed by atoms with Crippen LogP contribution in [0.3, 0.4) is 0 Å². The van der Waals surface area contributed by atoms with Crippen molar-refractivity contribution in [3.05, 3.63) is 32.8 Å². The number of nitro benzene ring substituents is 1. The van der Waals surface area contributed by atoms with Crippen LogP contribution in [0.4, 0.5) is 11.4 Å². The average molecular weight is 436 g/mol. The summed E-state index contributed by atoms with van der Waals surface area (Å²) in [6, 6.07) is 4.32. The van der Waals surface area contributed by atoms with Crippen LogP contribution in [0.1, 0.15) is 19.3 Å². The van der Waals surface area contributed by atoms with Gasteiger partial charge in [-0.2, -0.15) is 0 Å². The number of nitrogens with zero attached hydrogens (tertiary/aromatic N) is 2. The highest BCUT2D eigenvalue weighted by Gasteiger charge is 2.21. The smallest absolute Gasteiger partial charge is 0.270 e. The summed E-state index contributed by atoms with van der Waals surface area (Å²) in [5, 5.41) is 16.7. The second-order valence-electron chi connectivity index (χ2n) is 6.08. The van der Waals surface area contributed by atoms with Crippen molar-refractivity contribution in [3.63, 3.8) is 0 Å². The minimum atomic E-state index is -0.464. The normalized spacial score (nSPS) is 15.4. The number of rotatable bonds is 7. The third-order valence-electron chi connectivity index (χ3n) is 4.31. The molecule has 0 unspecified atom stereocenters. The lowest BCUT2D eigenvalue weighted by Gasteiger charge is -2.31. The zero-order valence-corrected chi connectivity index (χ0v) is 16.6. The van der Waals surface area contributed by atoms with Gasteiger partial charge in [0.2, 0.25) is 5.91 Å². The zero-order chi connectivity index (χ0) is 17.5. The second-order valence-corrected chi connectivity index (χ2v) is 6.94. The Hall–Kier alpha value is -1.22. The fourth-order valence-electron chi connectivity index (χ4n) is 2.89. The Morgan fingerprint density at radius 2 is 2.08 bits per heavy atom. The van der Waals surface area contributed by atoms with Gasteiger partial charge < -0.3 is 10.6 Å². The summed E-state index contributed by atoms with van der Waals surface area (Å²) in [6.45, 7) is 3.26. The topological polar surface area (TPSA) is 87.5 Å². The standard InChI is InChI=1S/C16H23BrN4O3.ClH/c1-18-7-4-12-5-8-20(9-6-12)11-16(22)19-15-3-2-13(21(23)24)10-14(15)17;/h2-3,10,12,18H,4-9,11H2,1H3,(H,19,22);1H. The molecular formula is C16H24BrClN4O3. The van der Waals surface area contributed by atoms with Crippen molar-refractivity contribution in [2.45, 2.75) is 19.3 Å². The Labute approximate surface area is 162 Å². The van der Waals surface area contributed by atoms with Gasteiger partial charge in [0, 0.05) is 16.6 Å². The molecule has 2 N–H and O–H groups in total. The van der Waals surface area contributed by atoms with E-state index in [0.717, 1.165) is 38.4 Å². The molecule has 0 saturated carbocycles. The lowest BCUT2D eigenvalue weighted by molar-refractivity contribution is -0.384. The molecule has 0 spiro atoms. The van der Waals surface area contributed by atoms with Crippen LogP contribution in [-0.2, 0) is 4.79 Å². The quantitative estimate of drug-likeness (QED) is 0.508. The number of benzene rings is 1. The molecular weight excluding hydrogens is 412 g/mol. The zero-order valence-electron chi connectivity index (χ0n) is 14.2. The number of nitrogens with one attached hydrogen (secondary N) is 2. The van der Waals surface area contributed by atoms with E-state index in [0.29, 0.717) is 16.7 Å². The predicted octanol–water partition coefficient (Wildman–Crippen LogP) is 3.04. The number of halogens is 2. The summed E-state index contributed by atoms with van der Waals surface area (Å²) in [5.74, 6) is 0.638. The summed E-state index contributed by atoms with van der Waals surface area (Å²) >= 11 is 3.26. The molecule has 1 aromatic rings.